The highest BCUT2D eigenvalue weighted by Gasteiger charge is 2.30. The number of carbonyl (C=O) groups is 5. The SMILES string of the molecule is NC(CCC(=O)O)C(=O)NC(CO)C(=O)NC(CO)C(=O)NC(Cc1cnc[nH]1)C(=O)O. The summed E-state index contributed by atoms with van der Waals surface area (Å²) >= 11 is 0. The van der Waals surface area contributed by atoms with E-state index in [1.165, 1.54) is 12.5 Å². The molecule has 0 saturated carbocycles. The van der Waals surface area contributed by atoms with Crippen LogP contribution in [0.25, 0.3) is 0 Å². The molecule has 4 unspecified atom stereocenters. The van der Waals surface area contributed by atoms with Crippen molar-refractivity contribution >= 4 is 29.7 Å². The third-order valence-corrected chi connectivity index (χ3v) is 4.23. The Labute approximate surface area is 181 Å². The Kier molecular flexibility index (Phi) is 10.7. The van der Waals surface area contributed by atoms with Crippen molar-refractivity contribution in [2.45, 2.75) is 43.4 Å². The van der Waals surface area contributed by atoms with Crippen LogP contribution >= 0.6 is 0 Å². The predicted octanol–water partition coefficient (Wildman–Crippen LogP) is -4.33. The maximum absolute atomic E-state index is 12.3. The number of rotatable bonds is 14. The number of hydrogen-bond acceptors (Lipinski definition) is 9. The minimum Gasteiger partial charge on any atom is -0.481 e. The summed E-state index contributed by atoms with van der Waals surface area (Å²) in [7, 11) is 0. The highest BCUT2D eigenvalue weighted by atomic mass is 16.4. The van der Waals surface area contributed by atoms with E-state index >= 15 is 0 Å². The fraction of sp³-hybridized carbons (Fsp3) is 0.529. The summed E-state index contributed by atoms with van der Waals surface area (Å²) in [5.41, 5.74) is 5.95. The van der Waals surface area contributed by atoms with Gasteiger partial charge in [-0.05, 0) is 6.42 Å². The van der Waals surface area contributed by atoms with Gasteiger partial charge in [0, 0.05) is 24.7 Å². The minimum absolute atomic E-state index is 0.142. The minimum atomic E-state index is -1.59. The maximum atomic E-state index is 12.3. The summed E-state index contributed by atoms with van der Waals surface area (Å²) < 4.78 is 0. The maximum Gasteiger partial charge on any atom is 0.326 e. The molecule has 15 heteroatoms. The van der Waals surface area contributed by atoms with Crippen molar-refractivity contribution < 1.29 is 44.4 Å². The summed E-state index contributed by atoms with van der Waals surface area (Å²) in [5, 5.41) is 43.1. The molecule has 0 radical (unpaired) electrons. The molecule has 10 N–H and O–H groups in total. The van der Waals surface area contributed by atoms with Gasteiger partial charge in [-0.2, -0.15) is 0 Å². The summed E-state index contributed by atoms with van der Waals surface area (Å²) in [5.74, 6) is -5.52. The molecule has 1 aromatic rings. The molecule has 0 aromatic carbocycles. The van der Waals surface area contributed by atoms with Gasteiger partial charge in [0.05, 0.1) is 25.6 Å². The van der Waals surface area contributed by atoms with Crippen molar-refractivity contribution in [3.8, 4) is 0 Å². The fourth-order valence-electron chi connectivity index (χ4n) is 2.44. The normalized spacial score (nSPS) is 14.5. The van der Waals surface area contributed by atoms with Gasteiger partial charge in [0.15, 0.2) is 0 Å². The number of aliphatic carboxylic acids is 2. The first-order chi connectivity index (χ1) is 15.1. The van der Waals surface area contributed by atoms with E-state index in [-0.39, 0.29) is 19.3 Å². The van der Waals surface area contributed by atoms with Crippen LogP contribution in [0.2, 0.25) is 0 Å². The molecule has 15 nitrogen and oxygen atoms in total. The second-order valence-corrected chi connectivity index (χ2v) is 6.71. The Hall–Kier alpha value is -3.56. The lowest BCUT2D eigenvalue weighted by molar-refractivity contribution is -0.142. The highest BCUT2D eigenvalue weighted by Crippen LogP contribution is 2.01. The van der Waals surface area contributed by atoms with Gasteiger partial charge in [0.2, 0.25) is 17.7 Å². The van der Waals surface area contributed by atoms with Crippen molar-refractivity contribution in [2.75, 3.05) is 13.2 Å². The number of aliphatic hydroxyl groups excluding tert-OH is 2. The second-order valence-electron chi connectivity index (χ2n) is 6.71. The highest BCUT2D eigenvalue weighted by molar-refractivity contribution is 5.94. The zero-order valence-corrected chi connectivity index (χ0v) is 16.9. The quantitative estimate of drug-likeness (QED) is 0.129. The number of aliphatic hydroxyl groups is 2. The zero-order chi connectivity index (χ0) is 24.3. The first kappa shape index (κ1) is 26.5. The number of aromatic nitrogens is 2. The number of nitrogens with zero attached hydrogens (tertiary/aromatic N) is 1. The molecule has 0 fully saturated rings. The fourth-order valence-corrected chi connectivity index (χ4v) is 2.44. The molecule has 0 saturated heterocycles. The molecule has 1 rings (SSSR count). The van der Waals surface area contributed by atoms with E-state index in [9.17, 15) is 39.3 Å². The number of carboxylic acids is 2. The van der Waals surface area contributed by atoms with Gasteiger partial charge in [-0.3, -0.25) is 19.2 Å². The summed E-state index contributed by atoms with van der Waals surface area (Å²) in [6, 6.07) is -5.79. The number of amides is 3. The number of imidazole rings is 1. The van der Waals surface area contributed by atoms with Crippen molar-refractivity contribution in [2.24, 2.45) is 5.73 Å². The number of H-pyrrole nitrogens is 1. The third-order valence-electron chi connectivity index (χ3n) is 4.23. The lowest BCUT2D eigenvalue weighted by atomic mass is 10.1. The van der Waals surface area contributed by atoms with Crippen LogP contribution in [0.4, 0.5) is 0 Å². The number of carboxylic acid groups (broad SMARTS) is 2. The third kappa shape index (κ3) is 8.66. The van der Waals surface area contributed by atoms with E-state index in [0.717, 1.165) is 0 Å². The summed E-state index contributed by atoms with van der Waals surface area (Å²) in [6.45, 7) is -1.79. The lowest BCUT2D eigenvalue weighted by Gasteiger charge is -2.23. The van der Waals surface area contributed by atoms with E-state index in [2.05, 4.69) is 25.9 Å². The molecule has 0 aliphatic carbocycles. The standard InChI is InChI=1S/C17H26N6O9/c18-9(1-2-13(26)27)14(28)22-11(5-24)16(30)23-12(6-25)15(29)21-10(17(31)32)3-8-4-19-7-20-8/h4,7,9-12,24-25H,1-3,5-6,18H2,(H,19,20)(H,21,29)(H,22,28)(H,23,30)(H,26,27)(H,31,32). The summed E-state index contributed by atoms with van der Waals surface area (Å²) in [6.07, 6.45) is 1.94. The van der Waals surface area contributed by atoms with Gasteiger partial charge in [0.25, 0.3) is 0 Å². The van der Waals surface area contributed by atoms with Gasteiger partial charge in [-0.25, -0.2) is 9.78 Å². The lowest BCUT2D eigenvalue weighted by Crippen LogP contribution is -2.59. The summed E-state index contributed by atoms with van der Waals surface area (Å²) in [4.78, 5) is 65.0. The molecular formula is C17H26N6O9. The van der Waals surface area contributed by atoms with Crippen LogP contribution in [-0.4, -0.2) is 97.4 Å². The number of nitrogens with one attached hydrogen (secondary N) is 4. The smallest absolute Gasteiger partial charge is 0.326 e. The first-order valence-electron chi connectivity index (χ1n) is 9.39. The monoisotopic (exact) mass is 458 g/mol. The topological polar surface area (TPSA) is 257 Å². The van der Waals surface area contributed by atoms with E-state index in [0.29, 0.717) is 5.69 Å². The van der Waals surface area contributed by atoms with E-state index in [1.807, 2.05) is 0 Å². The Bertz CT molecular complexity index is 800. The average molecular weight is 458 g/mol. The molecule has 4 atom stereocenters. The van der Waals surface area contributed by atoms with Crippen LogP contribution in [0.5, 0.6) is 0 Å². The molecule has 1 aromatic heterocycles. The Morgan fingerprint density at radius 2 is 1.47 bits per heavy atom. The molecule has 0 aliphatic rings. The first-order valence-corrected chi connectivity index (χ1v) is 9.39. The van der Waals surface area contributed by atoms with Crippen molar-refractivity contribution in [1.29, 1.82) is 0 Å². The van der Waals surface area contributed by atoms with Crippen LogP contribution in [-0.2, 0) is 30.4 Å². The molecule has 1 heterocycles. The van der Waals surface area contributed by atoms with E-state index in [1.54, 1.807) is 0 Å². The molecular weight excluding hydrogens is 432 g/mol. The van der Waals surface area contributed by atoms with Crippen LogP contribution in [0.1, 0.15) is 18.5 Å². The molecule has 32 heavy (non-hydrogen) atoms. The average Bonchev–Trinajstić information content (AvgIpc) is 3.25. The molecule has 0 aliphatic heterocycles. The van der Waals surface area contributed by atoms with Crippen molar-refractivity contribution in [3.63, 3.8) is 0 Å². The van der Waals surface area contributed by atoms with Gasteiger partial charge < -0.3 is 47.1 Å². The predicted molar refractivity (Wildman–Crippen MR) is 105 cm³/mol. The van der Waals surface area contributed by atoms with Gasteiger partial charge in [0.1, 0.15) is 18.1 Å². The molecule has 0 bridgehead atoms. The van der Waals surface area contributed by atoms with Crippen LogP contribution < -0.4 is 21.7 Å². The Morgan fingerprint density at radius 1 is 0.938 bits per heavy atom. The van der Waals surface area contributed by atoms with Gasteiger partial charge in [-0.15, -0.1) is 0 Å². The largest absolute Gasteiger partial charge is 0.481 e. The van der Waals surface area contributed by atoms with Gasteiger partial charge in [-0.1, -0.05) is 0 Å². The number of aromatic amines is 1. The van der Waals surface area contributed by atoms with E-state index < -0.39 is 67.0 Å². The number of hydrogen-bond donors (Lipinski definition) is 9. The van der Waals surface area contributed by atoms with Gasteiger partial charge >= 0.3 is 11.9 Å². The molecule has 178 valence electrons. The number of nitrogens with two attached hydrogens (primary N) is 1. The second kappa shape index (κ2) is 13.0. The Balaban J connectivity index is 2.70. The van der Waals surface area contributed by atoms with E-state index in [4.69, 9.17) is 10.8 Å². The number of carbonyl (C=O) groups excluding carboxylic acids is 3. The van der Waals surface area contributed by atoms with Crippen LogP contribution in [0.3, 0.4) is 0 Å². The van der Waals surface area contributed by atoms with Crippen LogP contribution in [0.15, 0.2) is 12.5 Å². The van der Waals surface area contributed by atoms with Crippen molar-refractivity contribution in [1.82, 2.24) is 25.9 Å². The molecule has 0 spiro atoms. The Morgan fingerprint density at radius 3 is 1.91 bits per heavy atom. The zero-order valence-electron chi connectivity index (χ0n) is 16.9. The molecule has 3 amide bonds. The van der Waals surface area contributed by atoms with Crippen molar-refractivity contribution in [3.05, 3.63) is 18.2 Å². The van der Waals surface area contributed by atoms with Crippen LogP contribution in [0, 0.1) is 0 Å².